The Morgan fingerprint density at radius 2 is 1.97 bits per heavy atom. The van der Waals surface area contributed by atoms with Crippen molar-refractivity contribution < 1.29 is 9.53 Å². The third-order valence-electron chi connectivity index (χ3n) is 6.02. The number of amides is 1. The number of methoxy groups -OCH3 is 1. The fourth-order valence-electron chi connectivity index (χ4n) is 4.58. The highest BCUT2D eigenvalue weighted by Crippen LogP contribution is 2.41. The smallest absolute Gasteiger partial charge is 0.244 e. The van der Waals surface area contributed by atoms with Gasteiger partial charge in [0.1, 0.15) is 5.75 Å². The number of likely N-dealkylation sites (tertiary alicyclic amines) is 1. The molecule has 2 aliphatic heterocycles. The molecule has 3 aromatic rings. The van der Waals surface area contributed by atoms with E-state index in [-0.39, 0.29) is 18.0 Å². The molecular formula is C23H24N4O2. The first-order valence-corrected chi connectivity index (χ1v) is 10.0. The van der Waals surface area contributed by atoms with Crippen molar-refractivity contribution in [1.29, 1.82) is 0 Å². The first kappa shape index (κ1) is 17.9. The predicted molar refractivity (Wildman–Crippen MR) is 112 cm³/mol. The lowest BCUT2D eigenvalue weighted by Crippen LogP contribution is -2.51. The number of nitrogens with zero attached hydrogens (tertiary/aromatic N) is 4. The van der Waals surface area contributed by atoms with Crippen molar-refractivity contribution in [2.75, 3.05) is 25.1 Å². The van der Waals surface area contributed by atoms with Gasteiger partial charge in [0.05, 0.1) is 31.2 Å². The molecule has 0 radical (unpaired) electrons. The lowest BCUT2D eigenvalue weighted by atomic mass is 10.0. The summed E-state index contributed by atoms with van der Waals surface area (Å²) >= 11 is 0. The summed E-state index contributed by atoms with van der Waals surface area (Å²) in [4.78, 5) is 21.6. The molecule has 6 heteroatoms. The maximum Gasteiger partial charge on any atom is 0.244 e. The molecule has 6 nitrogen and oxygen atoms in total. The van der Waals surface area contributed by atoms with Crippen LogP contribution in [-0.4, -0.2) is 52.6 Å². The zero-order chi connectivity index (χ0) is 19.8. The number of fused-ring (bicyclic) bond motifs is 2. The number of rotatable bonds is 6. The molecule has 5 rings (SSSR count). The molecule has 0 unspecified atom stereocenters. The lowest BCUT2D eigenvalue weighted by Gasteiger charge is -2.34. The molecule has 2 aromatic carbocycles. The number of carbonyl (C=O) groups is 1. The number of imidazole rings is 1. The predicted octanol–water partition coefficient (Wildman–Crippen LogP) is 3.05. The molecule has 2 saturated heterocycles. The van der Waals surface area contributed by atoms with Crippen molar-refractivity contribution in [2.24, 2.45) is 0 Å². The van der Waals surface area contributed by atoms with Crippen LogP contribution in [0.2, 0.25) is 0 Å². The van der Waals surface area contributed by atoms with Crippen LogP contribution in [0.5, 0.6) is 5.75 Å². The molecule has 0 N–H and O–H groups in total. The molecule has 0 saturated carbocycles. The van der Waals surface area contributed by atoms with Crippen LogP contribution in [0.3, 0.4) is 0 Å². The number of benzene rings is 2. The van der Waals surface area contributed by atoms with E-state index in [4.69, 9.17) is 4.74 Å². The molecule has 2 fully saturated rings. The van der Waals surface area contributed by atoms with Gasteiger partial charge in [-0.25, -0.2) is 4.98 Å². The van der Waals surface area contributed by atoms with E-state index in [0.29, 0.717) is 0 Å². The molecule has 1 aromatic heterocycles. The Hall–Kier alpha value is -3.12. The van der Waals surface area contributed by atoms with E-state index < -0.39 is 0 Å². The topological polar surface area (TPSA) is 50.6 Å². The monoisotopic (exact) mass is 388 g/mol. The van der Waals surface area contributed by atoms with E-state index in [2.05, 4.69) is 32.7 Å². The van der Waals surface area contributed by atoms with Gasteiger partial charge in [0.25, 0.3) is 0 Å². The molecule has 3 heterocycles. The second-order valence-electron chi connectivity index (χ2n) is 7.66. The van der Waals surface area contributed by atoms with Gasteiger partial charge in [0, 0.05) is 32.0 Å². The number of anilines is 1. The summed E-state index contributed by atoms with van der Waals surface area (Å²) < 4.78 is 7.67. The van der Waals surface area contributed by atoms with Crippen LogP contribution < -0.4 is 9.64 Å². The average molecular weight is 388 g/mol. The Morgan fingerprint density at radius 1 is 1.10 bits per heavy atom. The highest BCUT2D eigenvalue weighted by atomic mass is 16.5. The van der Waals surface area contributed by atoms with E-state index in [0.717, 1.165) is 48.6 Å². The van der Waals surface area contributed by atoms with E-state index in [9.17, 15) is 4.79 Å². The molecular weight excluding hydrogens is 364 g/mol. The summed E-state index contributed by atoms with van der Waals surface area (Å²) in [5.41, 5.74) is 3.10. The lowest BCUT2D eigenvalue weighted by molar-refractivity contribution is -0.122. The molecule has 2 atom stereocenters. The molecule has 0 aliphatic carbocycles. The summed E-state index contributed by atoms with van der Waals surface area (Å²) in [5, 5.41) is 0. The minimum atomic E-state index is -0.0476. The second kappa shape index (κ2) is 7.37. The van der Waals surface area contributed by atoms with Crippen LogP contribution in [-0.2, 0) is 11.3 Å². The van der Waals surface area contributed by atoms with Crippen LogP contribution in [0.1, 0.15) is 6.42 Å². The van der Waals surface area contributed by atoms with Gasteiger partial charge in [-0.15, -0.1) is 0 Å². The van der Waals surface area contributed by atoms with Crippen molar-refractivity contribution in [3.8, 4) is 16.9 Å². The standard InChI is InChI=1S/C23H24N4O2/c1-29-22-8-7-18(17-5-3-2-4-6-17)13-20(22)27-19-14-21(23(27)28)26(15-19)12-11-25-10-9-24-16-25/h2-10,13,16,19,21H,11-12,14-15H2,1H3/t19-,21-/m0/s1. The number of hydrogen-bond acceptors (Lipinski definition) is 4. The maximum absolute atomic E-state index is 13.3. The fourth-order valence-corrected chi connectivity index (χ4v) is 4.58. The van der Waals surface area contributed by atoms with Crippen molar-refractivity contribution in [3.05, 3.63) is 67.3 Å². The Bertz CT molecular complexity index is 1000. The third-order valence-corrected chi connectivity index (χ3v) is 6.02. The molecule has 1 amide bonds. The van der Waals surface area contributed by atoms with Gasteiger partial charge in [-0.3, -0.25) is 9.69 Å². The summed E-state index contributed by atoms with van der Waals surface area (Å²) in [7, 11) is 1.66. The zero-order valence-electron chi connectivity index (χ0n) is 16.4. The minimum absolute atomic E-state index is 0.0476. The highest BCUT2D eigenvalue weighted by molar-refractivity contribution is 6.03. The number of ether oxygens (including phenoxy) is 1. The summed E-state index contributed by atoms with van der Waals surface area (Å²) in [6.07, 6.45) is 6.45. The Balaban J connectivity index is 1.39. The van der Waals surface area contributed by atoms with Gasteiger partial charge >= 0.3 is 0 Å². The van der Waals surface area contributed by atoms with Crippen LogP contribution in [0.15, 0.2) is 67.3 Å². The molecule has 2 bridgehead atoms. The maximum atomic E-state index is 13.3. The van der Waals surface area contributed by atoms with Crippen molar-refractivity contribution in [3.63, 3.8) is 0 Å². The second-order valence-corrected chi connectivity index (χ2v) is 7.66. The largest absolute Gasteiger partial charge is 0.495 e. The van der Waals surface area contributed by atoms with E-state index in [1.165, 1.54) is 0 Å². The van der Waals surface area contributed by atoms with Gasteiger partial charge in [0.2, 0.25) is 5.91 Å². The fraction of sp³-hybridized carbons (Fsp3) is 0.304. The van der Waals surface area contributed by atoms with Crippen molar-refractivity contribution >= 4 is 11.6 Å². The number of hydrogen-bond donors (Lipinski definition) is 0. The molecule has 29 heavy (non-hydrogen) atoms. The quantitative estimate of drug-likeness (QED) is 0.651. The van der Waals surface area contributed by atoms with Crippen LogP contribution in [0, 0.1) is 0 Å². The van der Waals surface area contributed by atoms with Gasteiger partial charge in [-0.1, -0.05) is 36.4 Å². The third kappa shape index (κ3) is 3.19. The Morgan fingerprint density at radius 3 is 2.69 bits per heavy atom. The number of aromatic nitrogens is 2. The SMILES string of the molecule is COc1ccc(-c2ccccc2)cc1N1C(=O)[C@@H]2C[C@H]1CN2CCn1ccnc1. The first-order chi connectivity index (χ1) is 14.2. The van der Waals surface area contributed by atoms with E-state index >= 15 is 0 Å². The minimum Gasteiger partial charge on any atom is -0.495 e. The average Bonchev–Trinajstić information content (AvgIpc) is 3.49. The van der Waals surface area contributed by atoms with E-state index in [1.54, 1.807) is 13.3 Å². The van der Waals surface area contributed by atoms with Gasteiger partial charge in [-0.05, 0) is 29.7 Å². The zero-order valence-corrected chi connectivity index (χ0v) is 16.4. The summed E-state index contributed by atoms with van der Waals surface area (Å²) in [5.74, 6) is 0.922. The highest BCUT2D eigenvalue weighted by Gasteiger charge is 2.50. The normalized spacial score (nSPS) is 21.1. The molecule has 148 valence electrons. The van der Waals surface area contributed by atoms with Crippen molar-refractivity contribution in [2.45, 2.75) is 25.0 Å². The van der Waals surface area contributed by atoms with Gasteiger partial charge in [0.15, 0.2) is 0 Å². The van der Waals surface area contributed by atoms with Crippen LogP contribution in [0.4, 0.5) is 5.69 Å². The van der Waals surface area contributed by atoms with E-state index in [1.807, 2.05) is 47.8 Å². The summed E-state index contributed by atoms with van der Waals surface area (Å²) in [6.45, 7) is 2.60. The summed E-state index contributed by atoms with van der Waals surface area (Å²) in [6, 6.07) is 16.5. The van der Waals surface area contributed by atoms with Crippen LogP contribution in [0.25, 0.3) is 11.1 Å². The Labute approximate surface area is 170 Å². The van der Waals surface area contributed by atoms with Gasteiger partial charge < -0.3 is 14.2 Å². The molecule has 2 aliphatic rings. The Kier molecular flexibility index (Phi) is 4.56. The first-order valence-electron chi connectivity index (χ1n) is 10.0. The van der Waals surface area contributed by atoms with Crippen LogP contribution >= 0.6 is 0 Å². The number of carbonyl (C=O) groups excluding carboxylic acids is 1. The van der Waals surface area contributed by atoms with Gasteiger partial charge in [-0.2, -0.15) is 0 Å². The number of piperazine rings is 1. The molecule has 0 spiro atoms. The van der Waals surface area contributed by atoms with Crippen molar-refractivity contribution in [1.82, 2.24) is 14.5 Å².